The predicted molar refractivity (Wildman–Crippen MR) is 81.6 cm³/mol. The quantitative estimate of drug-likeness (QED) is 0.896. The molecule has 0 bridgehead atoms. The van der Waals surface area contributed by atoms with Crippen molar-refractivity contribution in [2.45, 2.75) is 34.1 Å². The molecule has 0 aliphatic rings. The van der Waals surface area contributed by atoms with Gasteiger partial charge >= 0.3 is 0 Å². The fourth-order valence-corrected chi connectivity index (χ4v) is 1.93. The topological polar surface area (TPSA) is 47.0 Å². The maximum absolute atomic E-state index is 5.93. The van der Waals surface area contributed by atoms with Gasteiger partial charge in [0, 0.05) is 13.0 Å². The van der Waals surface area contributed by atoms with E-state index < -0.39 is 0 Å². The van der Waals surface area contributed by atoms with E-state index in [0.29, 0.717) is 5.88 Å². The Hall–Kier alpha value is -2.10. The number of ether oxygens (including phenoxy) is 1. The summed E-state index contributed by atoms with van der Waals surface area (Å²) >= 11 is 0. The van der Waals surface area contributed by atoms with Crippen molar-refractivity contribution in [3.05, 3.63) is 41.2 Å². The van der Waals surface area contributed by atoms with E-state index in [1.54, 1.807) is 0 Å². The molecule has 2 aromatic rings. The molecule has 106 valence electrons. The summed E-state index contributed by atoms with van der Waals surface area (Å²) in [6.07, 6.45) is 0.781. The van der Waals surface area contributed by atoms with E-state index in [1.807, 2.05) is 52.0 Å². The van der Waals surface area contributed by atoms with Crippen LogP contribution in [0.1, 0.15) is 30.8 Å². The first-order valence-corrected chi connectivity index (χ1v) is 7.00. The average molecular weight is 271 g/mol. The number of hydrogen-bond acceptors (Lipinski definition) is 4. The van der Waals surface area contributed by atoms with E-state index in [9.17, 15) is 0 Å². The number of nitrogens with zero attached hydrogens (tertiary/aromatic N) is 2. The average Bonchev–Trinajstić information content (AvgIpc) is 2.43. The minimum absolute atomic E-state index is 0.624. The van der Waals surface area contributed by atoms with E-state index in [1.165, 1.54) is 0 Å². The molecule has 0 unspecified atom stereocenters. The molecule has 0 radical (unpaired) electrons. The highest BCUT2D eigenvalue weighted by Gasteiger charge is 2.11. The lowest BCUT2D eigenvalue weighted by atomic mass is 10.2. The summed E-state index contributed by atoms with van der Waals surface area (Å²) in [4.78, 5) is 8.98. The van der Waals surface area contributed by atoms with Crippen molar-refractivity contribution < 1.29 is 4.74 Å². The van der Waals surface area contributed by atoms with Crippen molar-refractivity contribution >= 4 is 5.82 Å². The molecule has 1 aromatic carbocycles. The van der Waals surface area contributed by atoms with Crippen molar-refractivity contribution in [2.75, 3.05) is 11.9 Å². The molecule has 1 N–H and O–H groups in total. The smallest absolute Gasteiger partial charge is 0.227 e. The van der Waals surface area contributed by atoms with E-state index in [0.717, 1.165) is 41.5 Å². The summed E-state index contributed by atoms with van der Waals surface area (Å²) in [6, 6.07) is 7.96. The number of rotatable bonds is 5. The molecule has 1 heterocycles. The van der Waals surface area contributed by atoms with Crippen LogP contribution in [-0.4, -0.2) is 16.5 Å². The summed E-state index contributed by atoms with van der Waals surface area (Å²) in [5.74, 6) is 3.06. The van der Waals surface area contributed by atoms with Gasteiger partial charge in [0.1, 0.15) is 17.4 Å². The van der Waals surface area contributed by atoms with Crippen LogP contribution in [0.2, 0.25) is 0 Å². The summed E-state index contributed by atoms with van der Waals surface area (Å²) < 4.78 is 5.93. The van der Waals surface area contributed by atoms with Crippen LogP contribution < -0.4 is 10.1 Å². The molecule has 4 nitrogen and oxygen atoms in total. The second kappa shape index (κ2) is 6.37. The molecular formula is C16H21N3O. The monoisotopic (exact) mass is 271 g/mol. The molecule has 0 aliphatic carbocycles. The number of aryl methyl sites for hydroxylation is 2. The van der Waals surface area contributed by atoms with Crippen LogP contribution in [-0.2, 0) is 6.42 Å². The number of hydrogen-bond donors (Lipinski definition) is 1. The highest BCUT2D eigenvalue weighted by molar-refractivity contribution is 5.49. The Bertz CT molecular complexity index is 596. The first kappa shape index (κ1) is 14.3. The van der Waals surface area contributed by atoms with E-state index in [4.69, 9.17) is 4.74 Å². The van der Waals surface area contributed by atoms with Crippen molar-refractivity contribution in [1.82, 2.24) is 9.97 Å². The van der Waals surface area contributed by atoms with Crippen LogP contribution in [0.3, 0.4) is 0 Å². The number of anilines is 1. The van der Waals surface area contributed by atoms with Gasteiger partial charge in [0.05, 0.1) is 5.56 Å². The first-order valence-electron chi connectivity index (χ1n) is 7.00. The zero-order chi connectivity index (χ0) is 14.5. The fraction of sp³-hybridized carbons (Fsp3) is 0.375. The molecule has 0 aliphatic heterocycles. The largest absolute Gasteiger partial charge is 0.439 e. The van der Waals surface area contributed by atoms with Gasteiger partial charge in [0.15, 0.2) is 0 Å². The van der Waals surface area contributed by atoms with Gasteiger partial charge in [-0.05, 0) is 38.5 Å². The Morgan fingerprint density at radius 2 is 1.95 bits per heavy atom. The van der Waals surface area contributed by atoms with Gasteiger partial charge in [-0.25, -0.2) is 4.98 Å². The van der Waals surface area contributed by atoms with Crippen LogP contribution in [0.5, 0.6) is 11.6 Å². The highest BCUT2D eigenvalue weighted by atomic mass is 16.5. The third-order valence-corrected chi connectivity index (χ3v) is 3.01. The van der Waals surface area contributed by atoms with Crippen LogP contribution in [0.4, 0.5) is 5.82 Å². The van der Waals surface area contributed by atoms with Gasteiger partial charge in [-0.1, -0.05) is 19.1 Å². The Balaban J connectivity index is 2.37. The summed E-state index contributed by atoms with van der Waals surface area (Å²) in [5, 5.41) is 3.26. The Kier molecular flexibility index (Phi) is 4.56. The molecular weight excluding hydrogens is 250 g/mol. The van der Waals surface area contributed by atoms with Gasteiger partial charge in [-0.15, -0.1) is 0 Å². The number of aromatic nitrogens is 2. The number of benzene rings is 1. The normalized spacial score (nSPS) is 10.4. The van der Waals surface area contributed by atoms with Crippen LogP contribution in [0.25, 0.3) is 0 Å². The fourth-order valence-electron chi connectivity index (χ4n) is 1.93. The summed E-state index contributed by atoms with van der Waals surface area (Å²) in [6.45, 7) is 8.93. The third kappa shape index (κ3) is 3.26. The molecule has 0 atom stereocenters. The van der Waals surface area contributed by atoms with Crippen molar-refractivity contribution in [3.8, 4) is 11.6 Å². The summed E-state index contributed by atoms with van der Waals surface area (Å²) in [5.41, 5.74) is 2.10. The summed E-state index contributed by atoms with van der Waals surface area (Å²) in [7, 11) is 0. The van der Waals surface area contributed by atoms with Gasteiger partial charge in [-0.3, -0.25) is 0 Å². The number of nitrogens with one attached hydrogen (secondary N) is 1. The molecule has 0 saturated carbocycles. The zero-order valence-corrected chi connectivity index (χ0v) is 12.5. The molecule has 0 fully saturated rings. The van der Waals surface area contributed by atoms with Crippen molar-refractivity contribution in [3.63, 3.8) is 0 Å². The van der Waals surface area contributed by atoms with Crippen LogP contribution in [0, 0.1) is 13.8 Å². The second-order valence-corrected chi connectivity index (χ2v) is 4.72. The lowest BCUT2D eigenvalue weighted by Crippen LogP contribution is -2.07. The Morgan fingerprint density at radius 1 is 1.15 bits per heavy atom. The molecule has 0 saturated heterocycles. The molecule has 4 heteroatoms. The molecule has 20 heavy (non-hydrogen) atoms. The van der Waals surface area contributed by atoms with Gasteiger partial charge in [0.2, 0.25) is 5.88 Å². The minimum atomic E-state index is 0.624. The van der Waals surface area contributed by atoms with Gasteiger partial charge in [0.25, 0.3) is 0 Å². The lowest BCUT2D eigenvalue weighted by molar-refractivity contribution is 0.454. The molecule has 2 rings (SSSR count). The second-order valence-electron chi connectivity index (χ2n) is 4.72. The predicted octanol–water partition coefficient (Wildman–Crippen LogP) is 3.88. The zero-order valence-electron chi connectivity index (χ0n) is 12.5. The van der Waals surface area contributed by atoms with E-state index in [2.05, 4.69) is 15.3 Å². The molecule has 0 amide bonds. The van der Waals surface area contributed by atoms with Crippen LogP contribution in [0.15, 0.2) is 24.3 Å². The first-order chi connectivity index (χ1) is 9.63. The highest BCUT2D eigenvalue weighted by Crippen LogP contribution is 2.27. The molecule has 1 aromatic heterocycles. The van der Waals surface area contributed by atoms with Crippen molar-refractivity contribution in [2.24, 2.45) is 0 Å². The SMILES string of the molecule is CCNc1nc(CC)nc(Oc2cccc(C)c2)c1C. The minimum Gasteiger partial charge on any atom is -0.439 e. The Labute approximate surface area is 120 Å². The standard InChI is InChI=1S/C16H21N3O/c1-5-14-18-15(17-6-2)12(4)16(19-14)20-13-9-7-8-11(3)10-13/h7-10H,5-6H2,1-4H3,(H,17,18,19). The lowest BCUT2D eigenvalue weighted by Gasteiger charge is -2.13. The molecule has 0 spiro atoms. The maximum atomic E-state index is 5.93. The Morgan fingerprint density at radius 3 is 2.60 bits per heavy atom. The van der Waals surface area contributed by atoms with E-state index >= 15 is 0 Å². The third-order valence-electron chi connectivity index (χ3n) is 3.01. The van der Waals surface area contributed by atoms with Crippen molar-refractivity contribution in [1.29, 1.82) is 0 Å². The van der Waals surface area contributed by atoms with E-state index in [-0.39, 0.29) is 0 Å². The van der Waals surface area contributed by atoms with Gasteiger partial charge < -0.3 is 10.1 Å². The maximum Gasteiger partial charge on any atom is 0.227 e. The van der Waals surface area contributed by atoms with Gasteiger partial charge in [-0.2, -0.15) is 4.98 Å². The van der Waals surface area contributed by atoms with Crippen LogP contribution >= 0.6 is 0 Å².